The van der Waals surface area contributed by atoms with E-state index in [9.17, 15) is 18.4 Å². The first kappa shape index (κ1) is 28.0. The van der Waals surface area contributed by atoms with Crippen molar-refractivity contribution in [1.29, 1.82) is 0 Å². The number of benzene rings is 4. The normalized spacial score (nSPS) is 12.9. The van der Waals surface area contributed by atoms with E-state index in [1.807, 2.05) is 60.8 Å². The maximum atomic E-state index is 14.6. The van der Waals surface area contributed by atoms with Crippen LogP contribution in [0.1, 0.15) is 21.6 Å². The zero-order chi connectivity index (χ0) is 30.9. The van der Waals surface area contributed by atoms with E-state index in [4.69, 9.17) is 0 Å². The van der Waals surface area contributed by atoms with E-state index in [1.54, 1.807) is 4.68 Å². The Balaban J connectivity index is 1.08. The average Bonchev–Trinajstić information content (AvgIpc) is 3.80. The van der Waals surface area contributed by atoms with E-state index < -0.39 is 23.6 Å². The molecule has 0 spiro atoms. The number of anilines is 1. The topological polar surface area (TPSA) is 97.1 Å². The van der Waals surface area contributed by atoms with Crippen LogP contribution in [0.2, 0.25) is 0 Å². The molecule has 1 saturated heterocycles. The second-order valence-corrected chi connectivity index (χ2v) is 10.7. The average molecular weight is 604 g/mol. The molecule has 45 heavy (non-hydrogen) atoms. The molecule has 0 saturated carbocycles. The zero-order valence-corrected chi connectivity index (χ0v) is 24.0. The molecule has 0 radical (unpaired) electrons. The molecular formula is C34H27F2N7O2. The minimum Gasteiger partial charge on any atom is -0.348 e. The Morgan fingerprint density at radius 1 is 0.911 bits per heavy atom. The third-order valence-corrected chi connectivity index (χ3v) is 7.80. The number of nitrogens with one attached hydrogen (secondary N) is 2. The summed E-state index contributed by atoms with van der Waals surface area (Å²) < 4.78 is 32.9. The Hall–Kier alpha value is -5.84. The molecule has 11 heteroatoms. The molecule has 1 aliphatic heterocycles. The van der Waals surface area contributed by atoms with E-state index in [2.05, 4.69) is 55.8 Å². The van der Waals surface area contributed by atoms with Gasteiger partial charge in [-0.15, -0.1) is 5.10 Å². The zero-order valence-electron chi connectivity index (χ0n) is 24.0. The second-order valence-electron chi connectivity index (χ2n) is 10.7. The minimum atomic E-state index is -1.01. The molecule has 4 aromatic carbocycles. The van der Waals surface area contributed by atoms with Gasteiger partial charge in [-0.25, -0.2) is 18.3 Å². The van der Waals surface area contributed by atoms with Gasteiger partial charge in [0.25, 0.3) is 5.91 Å². The first-order valence-electron chi connectivity index (χ1n) is 14.4. The molecule has 1 aliphatic rings. The second kappa shape index (κ2) is 11.7. The summed E-state index contributed by atoms with van der Waals surface area (Å²) in [6.07, 6.45) is 1.87. The van der Waals surface area contributed by atoms with Crippen molar-refractivity contribution in [3.8, 4) is 16.9 Å². The number of hydrogen-bond donors (Lipinski definition) is 2. The van der Waals surface area contributed by atoms with Crippen molar-refractivity contribution in [2.24, 2.45) is 0 Å². The monoisotopic (exact) mass is 603 g/mol. The van der Waals surface area contributed by atoms with Gasteiger partial charge < -0.3 is 15.2 Å². The van der Waals surface area contributed by atoms with E-state index in [1.165, 1.54) is 0 Å². The molecule has 0 aliphatic carbocycles. The van der Waals surface area contributed by atoms with Crippen LogP contribution >= 0.6 is 0 Å². The highest BCUT2D eigenvalue weighted by Gasteiger charge is 2.26. The van der Waals surface area contributed by atoms with E-state index >= 15 is 0 Å². The van der Waals surface area contributed by atoms with Crippen molar-refractivity contribution in [2.45, 2.75) is 13.1 Å². The molecule has 224 valence electrons. The summed E-state index contributed by atoms with van der Waals surface area (Å²) in [5, 5.41) is 15.2. The Kier molecular flexibility index (Phi) is 7.26. The Bertz CT molecular complexity index is 2050. The van der Waals surface area contributed by atoms with Crippen LogP contribution < -0.4 is 15.5 Å². The Morgan fingerprint density at radius 2 is 1.73 bits per heavy atom. The van der Waals surface area contributed by atoms with Crippen molar-refractivity contribution >= 4 is 28.5 Å². The quantitative estimate of drug-likeness (QED) is 0.234. The van der Waals surface area contributed by atoms with Gasteiger partial charge in [0, 0.05) is 42.3 Å². The number of halogens is 2. The van der Waals surface area contributed by atoms with Gasteiger partial charge in [-0.1, -0.05) is 65.9 Å². The molecule has 9 nitrogen and oxygen atoms in total. The molecule has 1 fully saturated rings. The van der Waals surface area contributed by atoms with Gasteiger partial charge in [-0.2, -0.15) is 0 Å². The van der Waals surface area contributed by atoms with Crippen LogP contribution in [0.3, 0.4) is 0 Å². The van der Waals surface area contributed by atoms with Crippen LogP contribution in [0.25, 0.3) is 27.8 Å². The SMILES string of the molecule is O=C(NCc1cccc(-n2cc(Cn3c(-c4ccccc4)cc4ccccc43)nn2)c1)c1cc(N2CCNC2=O)c(F)cc1F. The van der Waals surface area contributed by atoms with E-state index in [0.29, 0.717) is 19.2 Å². The van der Waals surface area contributed by atoms with Gasteiger partial charge in [0.15, 0.2) is 0 Å². The molecule has 3 heterocycles. The summed E-state index contributed by atoms with van der Waals surface area (Å²) in [5.41, 5.74) is 5.02. The van der Waals surface area contributed by atoms with Crippen molar-refractivity contribution in [1.82, 2.24) is 30.2 Å². The number of carbonyl (C=O) groups excluding carboxylic acids is 2. The molecule has 6 aromatic rings. The molecule has 0 bridgehead atoms. The lowest BCUT2D eigenvalue weighted by Crippen LogP contribution is -2.30. The number of para-hydroxylation sites is 1. The number of nitrogens with zero attached hydrogens (tertiary/aromatic N) is 5. The fourth-order valence-electron chi connectivity index (χ4n) is 5.59. The highest BCUT2D eigenvalue weighted by molar-refractivity contribution is 5.98. The summed E-state index contributed by atoms with van der Waals surface area (Å²) in [6.45, 7) is 1.15. The summed E-state index contributed by atoms with van der Waals surface area (Å²) >= 11 is 0. The van der Waals surface area contributed by atoms with E-state index in [0.717, 1.165) is 50.1 Å². The largest absolute Gasteiger partial charge is 0.348 e. The molecule has 2 N–H and O–H groups in total. The number of urea groups is 1. The molecule has 0 atom stereocenters. The van der Waals surface area contributed by atoms with Crippen molar-refractivity contribution in [3.63, 3.8) is 0 Å². The van der Waals surface area contributed by atoms with Crippen LogP contribution in [-0.4, -0.2) is 44.6 Å². The number of carbonyl (C=O) groups is 2. The van der Waals surface area contributed by atoms with Crippen LogP contribution in [-0.2, 0) is 13.1 Å². The minimum absolute atomic E-state index is 0.0837. The van der Waals surface area contributed by atoms with Crippen molar-refractivity contribution in [3.05, 3.63) is 132 Å². The summed E-state index contributed by atoms with van der Waals surface area (Å²) in [4.78, 5) is 26.1. The number of aromatic nitrogens is 4. The highest BCUT2D eigenvalue weighted by Crippen LogP contribution is 2.29. The van der Waals surface area contributed by atoms with Gasteiger partial charge in [0.05, 0.1) is 29.7 Å². The lowest BCUT2D eigenvalue weighted by atomic mass is 10.1. The number of fused-ring (bicyclic) bond motifs is 1. The lowest BCUT2D eigenvalue weighted by molar-refractivity contribution is 0.0946. The Labute approximate surface area is 256 Å². The molecule has 3 amide bonds. The predicted molar refractivity (Wildman–Crippen MR) is 166 cm³/mol. The summed E-state index contributed by atoms with van der Waals surface area (Å²) in [7, 11) is 0. The van der Waals surface area contributed by atoms with Gasteiger partial charge >= 0.3 is 6.03 Å². The fraction of sp³-hybridized carbons (Fsp3) is 0.118. The standard InChI is InChI=1S/C34H27F2N7O2/c35-28-18-29(36)32(41-14-13-37-34(41)45)17-27(28)33(44)38-19-22-7-6-11-26(15-22)43-21-25(39-40-43)20-42-30-12-5-4-10-24(30)16-31(42)23-8-2-1-3-9-23/h1-12,15-18,21H,13-14,19-20H2,(H,37,45)(H,38,44). The number of hydrogen-bond acceptors (Lipinski definition) is 4. The fourth-order valence-corrected chi connectivity index (χ4v) is 5.59. The highest BCUT2D eigenvalue weighted by atomic mass is 19.1. The van der Waals surface area contributed by atoms with Gasteiger partial charge in [-0.05, 0) is 41.5 Å². The first-order valence-corrected chi connectivity index (χ1v) is 14.4. The predicted octanol–water partition coefficient (Wildman–Crippen LogP) is 5.68. The van der Waals surface area contributed by atoms with Crippen LogP contribution in [0.15, 0.2) is 103 Å². The third-order valence-electron chi connectivity index (χ3n) is 7.80. The van der Waals surface area contributed by atoms with Crippen LogP contribution in [0, 0.1) is 11.6 Å². The van der Waals surface area contributed by atoms with Crippen molar-refractivity contribution in [2.75, 3.05) is 18.0 Å². The molecule has 7 rings (SSSR count). The molecule has 2 aromatic heterocycles. The Morgan fingerprint density at radius 3 is 2.56 bits per heavy atom. The van der Waals surface area contributed by atoms with Crippen molar-refractivity contribution < 1.29 is 18.4 Å². The maximum Gasteiger partial charge on any atom is 0.322 e. The molecular weight excluding hydrogens is 576 g/mol. The van der Waals surface area contributed by atoms with Crippen LogP contribution in [0.4, 0.5) is 19.3 Å². The van der Waals surface area contributed by atoms with Gasteiger partial charge in [0.1, 0.15) is 17.3 Å². The maximum absolute atomic E-state index is 14.6. The number of amides is 3. The first-order chi connectivity index (χ1) is 21.9. The molecule has 0 unspecified atom stereocenters. The third kappa shape index (κ3) is 5.51. The summed E-state index contributed by atoms with van der Waals surface area (Å²) in [5.74, 6) is -2.65. The smallest absolute Gasteiger partial charge is 0.322 e. The van der Waals surface area contributed by atoms with Gasteiger partial charge in [0.2, 0.25) is 0 Å². The summed E-state index contributed by atoms with van der Waals surface area (Å²) in [6, 6.07) is 29.2. The lowest BCUT2D eigenvalue weighted by Gasteiger charge is -2.17. The number of rotatable bonds is 8. The van der Waals surface area contributed by atoms with Crippen LogP contribution in [0.5, 0.6) is 0 Å². The van der Waals surface area contributed by atoms with E-state index in [-0.39, 0.29) is 24.3 Å². The van der Waals surface area contributed by atoms with Gasteiger partial charge in [-0.3, -0.25) is 9.69 Å².